The van der Waals surface area contributed by atoms with Gasteiger partial charge in [-0.1, -0.05) is 18.2 Å². The molecule has 0 radical (unpaired) electrons. The number of amides is 2. The molecular formula is C24H29NO9. The lowest BCUT2D eigenvalue weighted by Gasteiger charge is -2.24. The van der Waals surface area contributed by atoms with Gasteiger partial charge in [-0.2, -0.15) is 0 Å². The van der Waals surface area contributed by atoms with Gasteiger partial charge >= 0.3 is 24.0 Å². The van der Waals surface area contributed by atoms with Crippen molar-refractivity contribution in [1.82, 2.24) is 0 Å². The van der Waals surface area contributed by atoms with E-state index in [0.29, 0.717) is 0 Å². The molecule has 1 aromatic carbocycles. The summed E-state index contributed by atoms with van der Waals surface area (Å²) in [6.45, 7) is 9.70. The highest BCUT2D eigenvalue weighted by Gasteiger charge is 2.95. The number of rotatable bonds is 3. The number of para-hydroxylation sites is 1. The zero-order chi connectivity index (χ0) is 25.9. The largest absolute Gasteiger partial charge is 0.468 e. The number of benzene rings is 1. The molecule has 3 rings (SSSR count). The predicted octanol–water partition coefficient (Wildman–Crippen LogP) is 2.51. The third kappa shape index (κ3) is 3.35. The van der Waals surface area contributed by atoms with Gasteiger partial charge in [-0.3, -0.25) is 19.2 Å². The summed E-state index contributed by atoms with van der Waals surface area (Å²) in [6, 6.07) is 6.08. The topological polar surface area (TPSA) is 126 Å². The SMILES string of the molecule is COC(=O)C1(C(=O)OC)C(C(=O)OC(C)(C)C)C12C(=O)N(C(=O)OC(C)(C)C)c1ccccc12. The van der Waals surface area contributed by atoms with E-state index in [1.54, 1.807) is 53.7 Å². The molecule has 0 bridgehead atoms. The highest BCUT2D eigenvalue weighted by molar-refractivity contribution is 6.31. The number of fused-ring (bicyclic) bond motifs is 2. The highest BCUT2D eigenvalue weighted by Crippen LogP contribution is 2.75. The molecule has 0 aromatic heterocycles. The average molecular weight is 475 g/mol. The maximum Gasteiger partial charge on any atom is 0.421 e. The lowest BCUT2D eigenvalue weighted by Crippen LogP contribution is -2.45. The van der Waals surface area contributed by atoms with Crippen LogP contribution in [0, 0.1) is 11.3 Å². The van der Waals surface area contributed by atoms with Gasteiger partial charge in [-0.05, 0) is 53.2 Å². The van der Waals surface area contributed by atoms with Gasteiger partial charge in [0.2, 0.25) is 5.91 Å². The minimum Gasteiger partial charge on any atom is -0.468 e. The zero-order valence-corrected chi connectivity index (χ0v) is 20.5. The van der Waals surface area contributed by atoms with Crippen LogP contribution in [0.1, 0.15) is 47.1 Å². The maximum atomic E-state index is 14.0. The summed E-state index contributed by atoms with van der Waals surface area (Å²) in [5.74, 6) is -5.87. The summed E-state index contributed by atoms with van der Waals surface area (Å²) < 4.78 is 20.7. The number of hydrogen-bond donors (Lipinski definition) is 0. The summed E-state index contributed by atoms with van der Waals surface area (Å²) in [4.78, 5) is 67.6. The molecule has 2 unspecified atom stereocenters. The molecule has 1 aliphatic carbocycles. The summed E-state index contributed by atoms with van der Waals surface area (Å²) >= 11 is 0. The van der Waals surface area contributed by atoms with Crippen LogP contribution >= 0.6 is 0 Å². The monoisotopic (exact) mass is 475 g/mol. The van der Waals surface area contributed by atoms with Crippen LogP contribution in [0.25, 0.3) is 0 Å². The van der Waals surface area contributed by atoms with Crippen molar-refractivity contribution in [3.63, 3.8) is 0 Å². The van der Waals surface area contributed by atoms with Gasteiger partial charge in [0.1, 0.15) is 22.5 Å². The van der Waals surface area contributed by atoms with Crippen molar-refractivity contribution >= 4 is 35.6 Å². The molecule has 0 N–H and O–H groups in total. The first-order valence-corrected chi connectivity index (χ1v) is 10.7. The molecule has 184 valence electrons. The molecule has 1 spiro atoms. The van der Waals surface area contributed by atoms with Crippen LogP contribution in [0.15, 0.2) is 24.3 Å². The first-order valence-electron chi connectivity index (χ1n) is 10.7. The van der Waals surface area contributed by atoms with E-state index in [-0.39, 0.29) is 11.3 Å². The van der Waals surface area contributed by atoms with E-state index in [0.717, 1.165) is 19.1 Å². The summed E-state index contributed by atoms with van der Waals surface area (Å²) in [6.07, 6.45) is -1.01. The number of nitrogens with zero attached hydrogens (tertiary/aromatic N) is 1. The fraction of sp³-hybridized carbons (Fsp3) is 0.542. The quantitative estimate of drug-likeness (QED) is 0.368. The van der Waals surface area contributed by atoms with E-state index in [2.05, 4.69) is 0 Å². The first kappa shape index (κ1) is 25.2. The van der Waals surface area contributed by atoms with Gasteiger partial charge in [-0.15, -0.1) is 0 Å². The fourth-order valence-corrected chi connectivity index (χ4v) is 4.70. The van der Waals surface area contributed by atoms with Crippen molar-refractivity contribution in [1.29, 1.82) is 0 Å². The van der Waals surface area contributed by atoms with Crippen molar-refractivity contribution in [2.24, 2.45) is 11.3 Å². The third-order valence-electron chi connectivity index (χ3n) is 5.75. The Kier molecular flexibility index (Phi) is 5.79. The second-order valence-electron chi connectivity index (χ2n) is 10.2. The van der Waals surface area contributed by atoms with Crippen molar-refractivity contribution < 1.29 is 42.9 Å². The molecule has 0 saturated heterocycles. The standard InChI is InChI=1S/C24H29NO9/c1-21(2,3)33-16(26)15-23(24(15,18(28)31-7)19(29)32-8)13-11-9-10-12-14(13)25(17(23)27)20(30)34-22(4,5)6/h9-12,15H,1-8H3. The fourth-order valence-electron chi connectivity index (χ4n) is 4.70. The first-order chi connectivity index (χ1) is 15.6. The van der Waals surface area contributed by atoms with Gasteiger partial charge in [0, 0.05) is 0 Å². The second kappa shape index (κ2) is 7.82. The van der Waals surface area contributed by atoms with Crippen molar-refractivity contribution in [2.45, 2.75) is 58.2 Å². The Bertz CT molecular complexity index is 1060. The molecule has 10 nitrogen and oxygen atoms in total. The van der Waals surface area contributed by atoms with E-state index in [9.17, 15) is 24.0 Å². The van der Waals surface area contributed by atoms with Crippen LogP contribution in [0.4, 0.5) is 10.5 Å². The summed E-state index contributed by atoms with van der Waals surface area (Å²) in [7, 11) is 2.06. The number of hydrogen-bond acceptors (Lipinski definition) is 9. The summed E-state index contributed by atoms with van der Waals surface area (Å²) in [5, 5.41) is 0. The number of anilines is 1. The van der Waals surface area contributed by atoms with Crippen molar-refractivity contribution in [3.05, 3.63) is 29.8 Å². The Morgan fingerprint density at radius 2 is 1.35 bits per heavy atom. The van der Waals surface area contributed by atoms with Crippen LogP contribution in [0.3, 0.4) is 0 Å². The number of methoxy groups -OCH3 is 2. The van der Waals surface area contributed by atoms with E-state index in [1.165, 1.54) is 12.1 Å². The maximum absolute atomic E-state index is 14.0. The molecule has 34 heavy (non-hydrogen) atoms. The highest BCUT2D eigenvalue weighted by atomic mass is 16.6. The van der Waals surface area contributed by atoms with Gasteiger partial charge in [0.05, 0.1) is 19.9 Å². The molecular weight excluding hydrogens is 446 g/mol. The van der Waals surface area contributed by atoms with Gasteiger partial charge in [-0.25, -0.2) is 9.69 Å². The Hall–Kier alpha value is -3.43. The normalized spacial score (nSPS) is 22.6. The molecule has 2 aliphatic rings. The minimum atomic E-state index is -2.39. The van der Waals surface area contributed by atoms with Gasteiger partial charge in [0.25, 0.3) is 0 Å². The predicted molar refractivity (Wildman–Crippen MR) is 118 cm³/mol. The van der Waals surface area contributed by atoms with Crippen molar-refractivity contribution in [3.8, 4) is 0 Å². The number of carbonyl (C=O) groups excluding carboxylic acids is 5. The third-order valence-corrected chi connectivity index (χ3v) is 5.75. The second-order valence-corrected chi connectivity index (χ2v) is 10.2. The van der Waals surface area contributed by atoms with E-state index in [1.807, 2.05) is 0 Å². The van der Waals surface area contributed by atoms with Gasteiger partial charge < -0.3 is 18.9 Å². The molecule has 2 amide bonds. The zero-order valence-electron chi connectivity index (χ0n) is 20.5. The molecule has 1 fully saturated rings. The smallest absolute Gasteiger partial charge is 0.421 e. The van der Waals surface area contributed by atoms with E-state index >= 15 is 0 Å². The van der Waals surface area contributed by atoms with Crippen molar-refractivity contribution in [2.75, 3.05) is 19.1 Å². The minimum absolute atomic E-state index is 0.0880. The number of ether oxygens (including phenoxy) is 4. The molecule has 1 heterocycles. The number of esters is 3. The molecule has 1 aromatic rings. The van der Waals surface area contributed by atoms with Gasteiger partial charge in [0.15, 0.2) is 5.41 Å². The summed E-state index contributed by atoms with van der Waals surface area (Å²) in [5.41, 5.74) is -6.23. The lowest BCUT2D eigenvalue weighted by molar-refractivity contribution is -0.169. The Balaban J connectivity index is 2.31. The molecule has 1 saturated carbocycles. The van der Waals surface area contributed by atoms with E-state index in [4.69, 9.17) is 18.9 Å². The molecule has 2 atom stereocenters. The van der Waals surface area contributed by atoms with Crippen LogP contribution < -0.4 is 4.90 Å². The lowest BCUT2D eigenvalue weighted by atomic mass is 9.86. The number of carbonyl (C=O) groups is 5. The Labute approximate surface area is 197 Å². The van der Waals surface area contributed by atoms with Crippen LogP contribution in [0.2, 0.25) is 0 Å². The number of imide groups is 1. The molecule has 10 heteroatoms. The average Bonchev–Trinajstić information content (AvgIpc) is 3.28. The Morgan fingerprint density at radius 3 is 1.82 bits per heavy atom. The van der Waals surface area contributed by atoms with Crippen LogP contribution in [0.5, 0.6) is 0 Å². The Morgan fingerprint density at radius 1 is 0.853 bits per heavy atom. The van der Waals surface area contributed by atoms with E-state index < -0.39 is 57.9 Å². The molecule has 1 aliphatic heterocycles. The van der Waals surface area contributed by atoms with Crippen LogP contribution in [-0.4, -0.2) is 55.3 Å². The van der Waals surface area contributed by atoms with Crippen LogP contribution in [-0.2, 0) is 43.5 Å².